The van der Waals surface area contributed by atoms with E-state index in [2.05, 4.69) is 24.1 Å². The number of rotatable bonds is 7. The lowest BCUT2D eigenvalue weighted by Crippen LogP contribution is -2.55. The zero-order valence-corrected chi connectivity index (χ0v) is 17.7. The molecule has 152 valence electrons. The normalized spacial score (nSPS) is 30.1. The SMILES string of the molecule is CCCS(=O)(=O)N1CCCCC1C(=O)NC(C)CN1CC(C)CC(C)C1. The molecular formula is C19H37N3O3S. The molecule has 0 radical (unpaired) electrons. The Bertz CT molecular complexity index is 556. The van der Waals surface area contributed by atoms with Crippen molar-refractivity contribution in [1.82, 2.24) is 14.5 Å². The van der Waals surface area contributed by atoms with Gasteiger partial charge in [0, 0.05) is 32.2 Å². The van der Waals surface area contributed by atoms with Gasteiger partial charge >= 0.3 is 0 Å². The fraction of sp³-hybridized carbons (Fsp3) is 0.947. The minimum absolute atomic E-state index is 0.0256. The molecule has 1 amide bonds. The highest BCUT2D eigenvalue weighted by Gasteiger charge is 2.36. The molecule has 0 saturated carbocycles. The van der Waals surface area contributed by atoms with E-state index in [1.165, 1.54) is 10.7 Å². The molecule has 2 fully saturated rings. The third kappa shape index (κ3) is 5.92. The van der Waals surface area contributed by atoms with Gasteiger partial charge in [-0.3, -0.25) is 4.79 Å². The van der Waals surface area contributed by atoms with Crippen LogP contribution >= 0.6 is 0 Å². The molecule has 0 spiro atoms. The number of sulfonamides is 1. The summed E-state index contributed by atoms with van der Waals surface area (Å²) < 4.78 is 26.5. The molecule has 6 nitrogen and oxygen atoms in total. The minimum Gasteiger partial charge on any atom is -0.351 e. The van der Waals surface area contributed by atoms with Gasteiger partial charge in [0.15, 0.2) is 0 Å². The summed E-state index contributed by atoms with van der Waals surface area (Å²) in [7, 11) is -3.34. The summed E-state index contributed by atoms with van der Waals surface area (Å²) in [4.78, 5) is 15.2. The molecule has 26 heavy (non-hydrogen) atoms. The predicted molar refractivity (Wildman–Crippen MR) is 105 cm³/mol. The van der Waals surface area contributed by atoms with Crippen LogP contribution in [0, 0.1) is 11.8 Å². The van der Waals surface area contributed by atoms with Crippen molar-refractivity contribution in [3.63, 3.8) is 0 Å². The smallest absolute Gasteiger partial charge is 0.238 e. The van der Waals surface area contributed by atoms with Gasteiger partial charge in [-0.05, 0) is 44.4 Å². The number of piperidine rings is 2. The molecule has 4 unspecified atom stereocenters. The highest BCUT2D eigenvalue weighted by molar-refractivity contribution is 7.89. The average Bonchev–Trinajstić information content (AvgIpc) is 2.53. The van der Waals surface area contributed by atoms with Gasteiger partial charge in [-0.1, -0.05) is 27.2 Å². The van der Waals surface area contributed by atoms with E-state index in [9.17, 15) is 13.2 Å². The number of carbonyl (C=O) groups is 1. The van der Waals surface area contributed by atoms with Gasteiger partial charge in [-0.15, -0.1) is 0 Å². The van der Waals surface area contributed by atoms with Crippen molar-refractivity contribution in [2.24, 2.45) is 11.8 Å². The Morgan fingerprint density at radius 3 is 2.46 bits per heavy atom. The number of carbonyl (C=O) groups excluding carboxylic acids is 1. The van der Waals surface area contributed by atoms with Crippen molar-refractivity contribution in [2.45, 2.75) is 71.9 Å². The lowest BCUT2D eigenvalue weighted by molar-refractivity contribution is -0.126. The van der Waals surface area contributed by atoms with Crippen molar-refractivity contribution in [3.8, 4) is 0 Å². The second kappa shape index (κ2) is 9.51. The minimum atomic E-state index is -3.34. The van der Waals surface area contributed by atoms with E-state index < -0.39 is 16.1 Å². The summed E-state index contributed by atoms with van der Waals surface area (Å²) in [5, 5.41) is 3.08. The molecule has 2 rings (SSSR count). The van der Waals surface area contributed by atoms with Gasteiger partial charge in [0.2, 0.25) is 15.9 Å². The quantitative estimate of drug-likeness (QED) is 0.726. The summed E-state index contributed by atoms with van der Waals surface area (Å²) in [5.41, 5.74) is 0. The maximum atomic E-state index is 12.8. The number of nitrogens with one attached hydrogen (secondary N) is 1. The second-order valence-corrected chi connectivity index (χ2v) is 10.6. The van der Waals surface area contributed by atoms with Crippen LogP contribution < -0.4 is 5.32 Å². The number of nitrogens with zero attached hydrogens (tertiary/aromatic N) is 2. The van der Waals surface area contributed by atoms with Crippen LogP contribution in [-0.2, 0) is 14.8 Å². The third-order valence-corrected chi connectivity index (χ3v) is 7.52. The topological polar surface area (TPSA) is 69.7 Å². The highest BCUT2D eigenvalue weighted by Crippen LogP contribution is 2.23. The van der Waals surface area contributed by atoms with Gasteiger partial charge in [-0.25, -0.2) is 8.42 Å². The van der Waals surface area contributed by atoms with E-state index >= 15 is 0 Å². The molecule has 0 aromatic heterocycles. The Kier molecular flexibility index (Phi) is 7.91. The summed E-state index contributed by atoms with van der Waals surface area (Å²) in [5.74, 6) is 1.37. The van der Waals surface area contributed by atoms with Crippen LogP contribution in [0.25, 0.3) is 0 Å². The molecule has 0 aliphatic carbocycles. The Hall–Kier alpha value is -0.660. The molecule has 0 aromatic rings. The maximum Gasteiger partial charge on any atom is 0.238 e. The molecule has 0 aromatic carbocycles. The molecule has 2 heterocycles. The van der Waals surface area contributed by atoms with E-state index in [1.54, 1.807) is 0 Å². The van der Waals surface area contributed by atoms with Crippen LogP contribution in [0.1, 0.15) is 59.8 Å². The maximum absolute atomic E-state index is 12.8. The van der Waals surface area contributed by atoms with Gasteiger partial charge in [0.25, 0.3) is 0 Å². The van der Waals surface area contributed by atoms with E-state index in [1.807, 2.05) is 13.8 Å². The fourth-order valence-electron chi connectivity index (χ4n) is 4.59. The van der Waals surface area contributed by atoms with Crippen molar-refractivity contribution >= 4 is 15.9 Å². The van der Waals surface area contributed by atoms with Crippen molar-refractivity contribution in [3.05, 3.63) is 0 Å². The first kappa shape index (κ1) is 21.6. The van der Waals surface area contributed by atoms with Crippen molar-refractivity contribution < 1.29 is 13.2 Å². The molecule has 2 aliphatic heterocycles. The van der Waals surface area contributed by atoms with Crippen molar-refractivity contribution in [1.29, 1.82) is 0 Å². The van der Waals surface area contributed by atoms with Crippen LogP contribution in [0.2, 0.25) is 0 Å². The zero-order valence-electron chi connectivity index (χ0n) is 16.9. The van der Waals surface area contributed by atoms with Gasteiger partial charge in [0.05, 0.1) is 5.75 Å². The van der Waals surface area contributed by atoms with Gasteiger partial charge in [-0.2, -0.15) is 4.31 Å². The first-order chi connectivity index (χ1) is 12.2. The molecule has 7 heteroatoms. The van der Waals surface area contributed by atoms with E-state index in [4.69, 9.17) is 0 Å². The number of hydrogen-bond acceptors (Lipinski definition) is 4. The van der Waals surface area contributed by atoms with Crippen LogP contribution in [0.4, 0.5) is 0 Å². The first-order valence-electron chi connectivity index (χ1n) is 10.2. The average molecular weight is 388 g/mol. The number of hydrogen-bond donors (Lipinski definition) is 1. The largest absolute Gasteiger partial charge is 0.351 e. The predicted octanol–water partition coefficient (Wildman–Crippen LogP) is 2.06. The monoisotopic (exact) mass is 387 g/mol. The fourth-order valence-corrected chi connectivity index (χ4v) is 6.33. The lowest BCUT2D eigenvalue weighted by atomic mass is 9.91. The van der Waals surface area contributed by atoms with Crippen LogP contribution in [0.3, 0.4) is 0 Å². The van der Waals surface area contributed by atoms with E-state index in [0.29, 0.717) is 31.2 Å². The first-order valence-corrected chi connectivity index (χ1v) is 11.9. The van der Waals surface area contributed by atoms with Gasteiger partial charge < -0.3 is 10.2 Å². The van der Waals surface area contributed by atoms with Crippen LogP contribution in [0.15, 0.2) is 0 Å². The molecule has 2 saturated heterocycles. The Morgan fingerprint density at radius 1 is 1.19 bits per heavy atom. The molecule has 2 aliphatic rings. The summed E-state index contributed by atoms with van der Waals surface area (Å²) in [6.45, 7) is 11.9. The summed E-state index contributed by atoms with van der Waals surface area (Å²) in [6.07, 6.45) is 4.22. The zero-order chi connectivity index (χ0) is 19.3. The van der Waals surface area contributed by atoms with Gasteiger partial charge in [0.1, 0.15) is 6.04 Å². The molecule has 4 atom stereocenters. The van der Waals surface area contributed by atoms with Crippen LogP contribution in [-0.4, -0.2) is 67.5 Å². The van der Waals surface area contributed by atoms with Crippen LogP contribution in [0.5, 0.6) is 0 Å². The molecular weight excluding hydrogens is 350 g/mol. The second-order valence-electron chi connectivity index (χ2n) is 8.51. The molecule has 1 N–H and O–H groups in total. The van der Waals surface area contributed by atoms with E-state index in [0.717, 1.165) is 32.5 Å². The number of amides is 1. The van der Waals surface area contributed by atoms with E-state index in [-0.39, 0.29) is 17.7 Å². The summed E-state index contributed by atoms with van der Waals surface area (Å²) in [6, 6.07) is -0.514. The Balaban J connectivity index is 1.94. The Morgan fingerprint density at radius 2 is 1.85 bits per heavy atom. The number of likely N-dealkylation sites (tertiary alicyclic amines) is 1. The highest BCUT2D eigenvalue weighted by atomic mass is 32.2. The Labute approximate surface area is 159 Å². The standard InChI is InChI=1S/C19H37N3O3S/c1-5-10-26(24,25)22-9-7-6-8-18(22)19(23)20-17(4)14-21-12-15(2)11-16(3)13-21/h15-18H,5-14H2,1-4H3,(H,20,23). The molecule has 0 bridgehead atoms. The van der Waals surface area contributed by atoms with Crippen molar-refractivity contribution in [2.75, 3.05) is 31.9 Å². The summed E-state index contributed by atoms with van der Waals surface area (Å²) >= 11 is 0. The third-order valence-electron chi connectivity index (χ3n) is 5.44. The lowest BCUT2D eigenvalue weighted by Gasteiger charge is -2.37.